The fourth-order valence-electron chi connectivity index (χ4n) is 1.90. The molecule has 0 aliphatic carbocycles. The molecule has 1 aromatic carbocycles. The van der Waals surface area contributed by atoms with Crippen molar-refractivity contribution >= 4 is 39.8 Å². The summed E-state index contributed by atoms with van der Waals surface area (Å²) in [5.74, 6) is 0.362. The maximum atomic E-state index is 12.4. The van der Waals surface area contributed by atoms with Crippen molar-refractivity contribution in [3.8, 4) is 0 Å². The number of rotatable bonds is 4. The molecule has 0 saturated carbocycles. The maximum Gasteiger partial charge on any atom is 0.252 e. The van der Waals surface area contributed by atoms with Gasteiger partial charge in [0.15, 0.2) is 0 Å². The Kier molecular flexibility index (Phi) is 4.99. The summed E-state index contributed by atoms with van der Waals surface area (Å²) < 4.78 is 0.978. The monoisotopic (exact) mass is 385 g/mol. The van der Waals surface area contributed by atoms with Gasteiger partial charge in [-0.2, -0.15) is 0 Å². The van der Waals surface area contributed by atoms with E-state index in [-0.39, 0.29) is 11.9 Å². The third kappa shape index (κ3) is 3.57. The summed E-state index contributed by atoms with van der Waals surface area (Å²) >= 11 is 3.88. The minimum absolute atomic E-state index is 0.00269. The van der Waals surface area contributed by atoms with E-state index < -0.39 is 0 Å². The van der Waals surface area contributed by atoms with Gasteiger partial charge in [0.05, 0.1) is 11.6 Å². The van der Waals surface area contributed by atoms with Crippen molar-refractivity contribution in [2.75, 3.05) is 0 Å². The van der Waals surface area contributed by atoms with Crippen LogP contribution in [-0.4, -0.2) is 5.91 Å². The zero-order valence-corrected chi connectivity index (χ0v) is 13.9. The van der Waals surface area contributed by atoms with E-state index in [4.69, 9.17) is 0 Å². The SMILES string of the molecule is CC(C)[C@H](NC(=O)c1ccccc1I)c1cccs1. The third-order valence-electron chi connectivity index (χ3n) is 2.92. The van der Waals surface area contributed by atoms with Crippen molar-refractivity contribution in [1.29, 1.82) is 0 Å². The van der Waals surface area contributed by atoms with Gasteiger partial charge in [0, 0.05) is 8.45 Å². The number of hydrogen-bond acceptors (Lipinski definition) is 2. The van der Waals surface area contributed by atoms with Crippen molar-refractivity contribution in [3.05, 3.63) is 55.8 Å². The summed E-state index contributed by atoms with van der Waals surface area (Å²) in [6.45, 7) is 4.25. The number of benzene rings is 1. The molecule has 0 aliphatic rings. The molecular weight excluding hydrogens is 369 g/mol. The first kappa shape index (κ1) is 14.5. The number of amides is 1. The highest BCUT2D eigenvalue weighted by Gasteiger charge is 2.20. The summed E-state index contributed by atoms with van der Waals surface area (Å²) in [5.41, 5.74) is 0.741. The quantitative estimate of drug-likeness (QED) is 0.773. The molecule has 2 rings (SSSR count). The van der Waals surface area contributed by atoms with Crippen LogP contribution in [0.3, 0.4) is 0 Å². The Morgan fingerprint density at radius 2 is 1.95 bits per heavy atom. The van der Waals surface area contributed by atoms with E-state index >= 15 is 0 Å². The smallest absolute Gasteiger partial charge is 0.252 e. The second-order valence-corrected chi connectivity index (χ2v) is 6.83. The number of carbonyl (C=O) groups is 1. The Balaban J connectivity index is 2.19. The normalized spacial score (nSPS) is 12.4. The first-order valence-electron chi connectivity index (χ1n) is 6.18. The lowest BCUT2D eigenvalue weighted by Crippen LogP contribution is -2.31. The molecule has 0 fully saturated rings. The van der Waals surface area contributed by atoms with Gasteiger partial charge in [0.2, 0.25) is 0 Å². The van der Waals surface area contributed by atoms with E-state index in [2.05, 4.69) is 47.8 Å². The third-order valence-corrected chi connectivity index (χ3v) is 4.82. The van der Waals surface area contributed by atoms with E-state index in [0.29, 0.717) is 5.92 Å². The predicted octanol–water partition coefficient (Wildman–Crippen LogP) is 4.48. The van der Waals surface area contributed by atoms with Crippen LogP contribution < -0.4 is 5.32 Å². The van der Waals surface area contributed by atoms with Gasteiger partial charge in [0.25, 0.3) is 5.91 Å². The molecule has 0 spiro atoms. The van der Waals surface area contributed by atoms with E-state index in [1.54, 1.807) is 11.3 Å². The summed E-state index contributed by atoms with van der Waals surface area (Å²) in [6.07, 6.45) is 0. The van der Waals surface area contributed by atoms with Crippen molar-refractivity contribution in [1.82, 2.24) is 5.32 Å². The molecular formula is C15H16INOS. The average Bonchev–Trinajstić information content (AvgIpc) is 2.89. The standard InChI is InChI=1S/C15H16INOS/c1-10(2)14(13-8-5-9-19-13)17-15(18)11-6-3-4-7-12(11)16/h3-10,14H,1-2H3,(H,17,18)/t14-/m0/s1. The average molecular weight is 385 g/mol. The highest BCUT2D eigenvalue weighted by molar-refractivity contribution is 14.1. The van der Waals surface area contributed by atoms with Crippen LogP contribution in [0.4, 0.5) is 0 Å². The molecule has 1 amide bonds. The molecule has 100 valence electrons. The van der Waals surface area contributed by atoms with Gasteiger partial charge in [-0.15, -0.1) is 11.3 Å². The van der Waals surface area contributed by atoms with Crippen molar-refractivity contribution < 1.29 is 4.79 Å². The number of halogens is 1. The molecule has 1 atom stereocenters. The minimum atomic E-state index is -0.00269. The topological polar surface area (TPSA) is 29.1 Å². The molecule has 0 saturated heterocycles. The van der Waals surface area contributed by atoms with Gasteiger partial charge < -0.3 is 5.32 Å². The lowest BCUT2D eigenvalue weighted by molar-refractivity contribution is 0.0925. The first-order chi connectivity index (χ1) is 9.09. The molecule has 0 aliphatic heterocycles. The fraction of sp³-hybridized carbons (Fsp3) is 0.267. The van der Waals surface area contributed by atoms with Gasteiger partial charge in [-0.05, 0) is 52.1 Å². The largest absolute Gasteiger partial charge is 0.344 e. The Labute approximate surface area is 131 Å². The highest BCUT2D eigenvalue weighted by Crippen LogP contribution is 2.26. The van der Waals surface area contributed by atoms with Crippen LogP contribution in [0.5, 0.6) is 0 Å². The molecule has 2 aromatic rings. The molecule has 2 nitrogen and oxygen atoms in total. The van der Waals surface area contributed by atoms with E-state index in [1.807, 2.05) is 35.7 Å². The minimum Gasteiger partial charge on any atom is -0.344 e. The van der Waals surface area contributed by atoms with Crippen LogP contribution in [0.25, 0.3) is 0 Å². The zero-order valence-electron chi connectivity index (χ0n) is 10.9. The van der Waals surface area contributed by atoms with Gasteiger partial charge >= 0.3 is 0 Å². The number of thiophene rings is 1. The van der Waals surface area contributed by atoms with Crippen LogP contribution >= 0.6 is 33.9 Å². The van der Waals surface area contributed by atoms with Crippen LogP contribution in [-0.2, 0) is 0 Å². The van der Waals surface area contributed by atoms with Crippen molar-refractivity contribution in [2.45, 2.75) is 19.9 Å². The molecule has 1 heterocycles. The zero-order chi connectivity index (χ0) is 13.8. The molecule has 19 heavy (non-hydrogen) atoms. The Bertz CT molecular complexity index is 551. The van der Waals surface area contributed by atoms with E-state index in [1.165, 1.54) is 4.88 Å². The highest BCUT2D eigenvalue weighted by atomic mass is 127. The summed E-state index contributed by atoms with van der Waals surface area (Å²) in [7, 11) is 0. The number of carbonyl (C=O) groups excluding carboxylic acids is 1. The first-order valence-corrected chi connectivity index (χ1v) is 8.14. The molecule has 1 aromatic heterocycles. The van der Waals surface area contributed by atoms with Crippen LogP contribution in [0.15, 0.2) is 41.8 Å². The number of nitrogens with one attached hydrogen (secondary N) is 1. The Hall–Kier alpha value is -0.880. The fourth-order valence-corrected chi connectivity index (χ4v) is 3.48. The predicted molar refractivity (Wildman–Crippen MR) is 88.5 cm³/mol. The summed E-state index contributed by atoms with van der Waals surface area (Å²) in [5, 5.41) is 5.19. The molecule has 4 heteroatoms. The second kappa shape index (κ2) is 6.52. The second-order valence-electron chi connectivity index (χ2n) is 4.69. The van der Waals surface area contributed by atoms with Crippen LogP contribution in [0.2, 0.25) is 0 Å². The van der Waals surface area contributed by atoms with Gasteiger partial charge in [-0.25, -0.2) is 0 Å². The Morgan fingerprint density at radius 1 is 1.21 bits per heavy atom. The van der Waals surface area contributed by atoms with Gasteiger partial charge in [-0.1, -0.05) is 32.0 Å². The van der Waals surface area contributed by atoms with Crippen LogP contribution in [0, 0.1) is 9.49 Å². The van der Waals surface area contributed by atoms with Gasteiger partial charge in [0.1, 0.15) is 0 Å². The molecule has 0 bridgehead atoms. The number of hydrogen-bond donors (Lipinski definition) is 1. The Morgan fingerprint density at radius 3 is 2.53 bits per heavy atom. The lowest BCUT2D eigenvalue weighted by atomic mass is 10.0. The summed E-state index contributed by atoms with van der Waals surface area (Å²) in [4.78, 5) is 13.6. The molecule has 0 radical (unpaired) electrons. The van der Waals surface area contributed by atoms with E-state index in [0.717, 1.165) is 9.13 Å². The molecule has 1 N–H and O–H groups in total. The lowest BCUT2D eigenvalue weighted by Gasteiger charge is -2.21. The van der Waals surface area contributed by atoms with Gasteiger partial charge in [-0.3, -0.25) is 4.79 Å². The van der Waals surface area contributed by atoms with E-state index in [9.17, 15) is 4.79 Å². The summed E-state index contributed by atoms with van der Waals surface area (Å²) in [6, 6.07) is 11.8. The van der Waals surface area contributed by atoms with Crippen molar-refractivity contribution in [3.63, 3.8) is 0 Å². The maximum absolute atomic E-state index is 12.4. The van der Waals surface area contributed by atoms with Crippen molar-refractivity contribution in [2.24, 2.45) is 5.92 Å². The van der Waals surface area contributed by atoms with Crippen LogP contribution in [0.1, 0.15) is 35.1 Å². The molecule has 0 unspecified atom stereocenters.